The van der Waals surface area contributed by atoms with Gasteiger partial charge in [0.05, 0.1) is 6.04 Å². The van der Waals surface area contributed by atoms with E-state index in [2.05, 4.69) is 26.6 Å². The van der Waals surface area contributed by atoms with Crippen molar-refractivity contribution in [2.75, 3.05) is 5.32 Å². The first-order chi connectivity index (χ1) is 10.5. The Morgan fingerprint density at radius 2 is 1.77 bits per heavy atom. The monoisotopic (exact) mass is 360 g/mol. The zero-order chi connectivity index (χ0) is 15.9. The Morgan fingerprint density at radius 3 is 2.45 bits per heavy atom. The van der Waals surface area contributed by atoms with E-state index in [0.717, 1.165) is 10.0 Å². The molecule has 0 aliphatic carbocycles. The third-order valence-electron chi connectivity index (χ3n) is 3.11. The van der Waals surface area contributed by atoms with Crippen LogP contribution in [0.5, 0.6) is 0 Å². The third-order valence-corrected chi connectivity index (χ3v) is 3.60. The molecule has 2 N–H and O–H groups in total. The number of benzene rings is 2. The van der Waals surface area contributed by atoms with Gasteiger partial charge >= 0.3 is 0 Å². The smallest absolute Gasteiger partial charge is 0.233 e. The Labute approximate surface area is 138 Å². The summed E-state index contributed by atoms with van der Waals surface area (Å²) in [6.45, 7) is 1.89. The number of amides is 2. The summed E-state index contributed by atoms with van der Waals surface area (Å²) in [4.78, 5) is 23.8. The highest BCUT2D eigenvalue weighted by atomic mass is 79.9. The van der Waals surface area contributed by atoms with Crippen LogP contribution in [-0.4, -0.2) is 11.8 Å². The molecule has 0 spiro atoms. The number of carbonyl (C=O) groups excluding carboxylic acids is 2. The maximum atomic E-state index is 11.9. The summed E-state index contributed by atoms with van der Waals surface area (Å²) in [6.07, 6.45) is -0.205. The van der Waals surface area contributed by atoms with Crippen LogP contribution in [0.2, 0.25) is 0 Å². The number of hydrogen-bond donors (Lipinski definition) is 2. The first-order valence-corrected chi connectivity index (χ1v) is 7.73. The van der Waals surface area contributed by atoms with Crippen molar-refractivity contribution in [1.82, 2.24) is 5.32 Å². The molecule has 0 radical (unpaired) electrons. The summed E-state index contributed by atoms with van der Waals surface area (Å²) in [5, 5.41) is 5.51. The quantitative estimate of drug-likeness (QED) is 0.799. The van der Waals surface area contributed by atoms with Gasteiger partial charge in [-0.25, -0.2) is 0 Å². The molecule has 2 aromatic rings. The molecule has 0 aromatic heterocycles. The maximum absolute atomic E-state index is 11.9. The van der Waals surface area contributed by atoms with Gasteiger partial charge < -0.3 is 10.6 Å². The molecule has 0 saturated heterocycles. The number of halogens is 1. The van der Waals surface area contributed by atoms with Gasteiger partial charge in [-0.3, -0.25) is 9.59 Å². The Kier molecular flexibility index (Phi) is 5.72. The van der Waals surface area contributed by atoms with Gasteiger partial charge in [-0.15, -0.1) is 0 Å². The summed E-state index contributed by atoms with van der Waals surface area (Å²) in [5.74, 6) is -0.639. The molecule has 0 aliphatic heterocycles. The van der Waals surface area contributed by atoms with E-state index in [9.17, 15) is 9.59 Å². The zero-order valence-electron chi connectivity index (χ0n) is 12.2. The van der Waals surface area contributed by atoms with Crippen molar-refractivity contribution in [3.63, 3.8) is 0 Å². The van der Waals surface area contributed by atoms with Crippen LogP contribution >= 0.6 is 15.9 Å². The van der Waals surface area contributed by atoms with Crippen LogP contribution in [0.1, 0.15) is 24.9 Å². The van der Waals surface area contributed by atoms with Gasteiger partial charge in [0.25, 0.3) is 0 Å². The molecule has 22 heavy (non-hydrogen) atoms. The van der Waals surface area contributed by atoms with Crippen LogP contribution in [0, 0.1) is 0 Å². The van der Waals surface area contributed by atoms with Crippen molar-refractivity contribution >= 4 is 33.4 Å². The fourth-order valence-electron chi connectivity index (χ4n) is 2.03. The van der Waals surface area contributed by atoms with E-state index in [1.807, 2.05) is 49.4 Å². The lowest BCUT2D eigenvalue weighted by Crippen LogP contribution is -2.30. The molecular formula is C17H17BrN2O2. The van der Waals surface area contributed by atoms with Crippen molar-refractivity contribution in [2.24, 2.45) is 0 Å². The molecule has 0 aliphatic rings. The minimum Gasteiger partial charge on any atom is -0.349 e. The molecule has 5 heteroatoms. The van der Waals surface area contributed by atoms with Crippen LogP contribution in [0.15, 0.2) is 59.1 Å². The SMILES string of the molecule is CC(NC(=O)CC(=O)Nc1cccc(Br)c1)c1ccccc1. The van der Waals surface area contributed by atoms with Crippen LogP contribution < -0.4 is 10.6 Å². The summed E-state index contributed by atoms with van der Waals surface area (Å²) in [5.41, 5.74) is 1.66. The standard InChI is InChI=1S/C17H17BrN2O2/c1-12(13-6-3-2-4-7-13)19-16(21)11-17(22)20-15-9-5-8-14(18)10-15/h2-10,12H,11H2,1H3,(H,19,21)(H,20,22). The molecule has 2 rings (SSSR count). The molecule has 114 valence electrons. The molecular weight excluding hydrogens is 344 g/mol. The fourth-order valence-corrected chi connectivity index (χ4v) is 2.43. The number of anilines is 1. The first kappa shape index (κ1) is 16.2. The highest BCUT2D eigenvalue weighted by Crippen LogP contribution is 2.16. The van der Waals surface area contributed by atoms with E-state index in [1.165, 1.54) is 0 Å². The average molecular weight is 361 g/mol. The van der Waals surface area contributed by atoms with Gasteiger partial charge in [-0.05, 0) is 30.7 Å². The molecule has 2 aromatic carbocycles. The highest BCUT2D eigenvalue weighted by Gasteiger charge is 2.13. The number of rotatable bonds is 5. The summed E-state index contributed by atoms with van der Waals surface area (Å²) in [6, 6.07) is 16.7. The summed E-state index contributed by atoms with van der Waals surface area (Å²) in [7, 11) is 0. The van der Waals surface area contributed by atoms with Crippen LogP contribution in [0.3, 0.4) is 0 Å². The second kappa shape index (κ2) is 7.75. The summed E-state index contributed by atoms with van der Waals surface area (Å²) < 4.78 is 0.868. The molecule has 1 unspecified atom stereocenters. The van der Waals surface area contributed by atoms with Gasteiger partial charge in [-0.1, -0.05) is 52.3 Å². The van der Waals surface area contributed by atoms with Crippen molar-refractivity contribution in [3.05, 3.63) is 64.6 Å². The number of nitrogens with one attached hydrogen (secondary N) is 2. The zero-order valence-corrected chi connectivity index (χ0v) is 13.8. The predicted molar refractivity (Wildman–Crippen MR) is 90.4 cm³/mol. The maximum Gasteiger partial charge on any atom is 0.233 e. The van der Waals surface area contributed by atoms with Gasteiger partial charge in [0, 0.05) is 10.2 Å². The average Bonchev–Trinajstić information content (AvgIpc) is 2.47. The normalized spacial score (nSPS) is 11.5. The van der Waals surface area contributed by atoms with Crippen molar-refractivity contribution in [3.8, 4) is 0 Å². The number of carbonyl (C=O) groups is 2. The van der Waals surface area contributed by atoms with Gasteiger partial charge in [0.15, 0.2) is 0 Å². The lowest BCUT2D eigenvalue weighted by molar-refractivity contribution is -0.127. The van der Waals surface area contributed by atoms with Crippen molar-refractivity contribution < 1.29 is 9.59 Å². The summed E-state index contributed by atoms with van der Waals surface area (Å²) >= 11 is 3.33. The fraction of sp³-hybridized carbons (Fsp3) is 0.176. The lowest BCUT2D eigenvalue weighted by atomic mass is 10.1. The molecule has 0 fully saturated rings. The molecule has 0 heterocycles. The Bertz CT molecular complexity index is 659. The second-order valence-corrected chi connectivity index (χ2v) is 5.85. The molecule has 1 atom stereocenters. The predicted octanol–water partition coefficient (Wildman–Crippen LogP) is 3.66. The first-order valence-electron chi connectivity index (χ1n) is 6.94. The van der Waals surface area contributed by atoms with E-state index in [1.54, 1.807) is 12.1 Å². The Balaban J connectivity index is 1.85. The lowest BCUT2D eigenvalue weighted by Gasteiger charge is -2.14. The minimum atomic E-state index is -0.337. The minimum absolute atomic E-state index is 0.132. The van der Waals surface area contributed by atoms with E-state index in [0.29, 0.717) is 5.69 Å². The third kappa shape index (κ3) is 5.00. The van der Waals surface area contributed by atoms with Gasteiger partial charge in [0.2, 0.25) is 11.8 Å². The molecule has 0 saturated carbocycles. The van der Waals surface area contributed by atoms with Crippen LogP contribution in [0.25, 0.3) is 0 Å². The van der Waals surface area contributed by atoms with E-state index >= 15 is 0 Å². The largest absolute Gasteiger partial charge is 0.349 e. The van der Waals surface area contributed by atoms with Gasteiger partial charge in [-0.2, -0.15) is 0 Å². The van der Waals surface area contributed by atoms with Crippen LogP contribution in [-0.2, 0) is 9.59 Å². The van der Waals surface area contributed by atoms with Crippen molar-refractivity contribution in [2.45, 2.75) is 19.4 Å². The Morgan fingerprint density at radius 1 is 1.05 bits per heavy atom. The highest BCUT2D eigenvalue weighted by molar-refractivity contribution is 9.10. The van der Waals surface area contributed by atoms with E-state index in [-0.39, 0.29) is 24.3 Å². The molecule has 4 nitrogen and oxygen atoms in total. The van der Waals surface area contributed by atoms with Crippen molar-refractivity contribution in [1.29, 1.82) is 0 Å². The van der Waals surface area contributed by atoms with Gasteiger partial charge in [0.1, 0.15) is 6.42 Å². The molecule has 0 bridgehead atoms. The Hall–Kier alpha value is -2.14. The molecule has 2 amide bonds. The van der Waals surface area contributed by atoms with E-state index in [4.69, 9.17) is 0 Å². The second-order valence-electron chi connectivity index (χ2n) is 4.94. The van der Waals surface area contributed by atoms with E-state index < -0.39 is 0 Å². The number of hydrogen-bond acceptors (Lipinski definition) is 2. The topological polar surface area (TPSA) is 58.2 Å². The van der Waals surface area contributed by atoms with Crippen LogP contribution in [0.4, 0.5) is 5.69 Å².